The number of hydrogen-bond donors (Lipinski definition) is 3. The molecule has 7 heteroatoms. The van der Waals surface area contributed by atoms with E-state index in [1.165, 1.54) is 17.7 Å². The molecule has 0 aromatic heterocycles. The average Bonchev–Trinajstić information content (AvgIpc) is 3.72. The van der Waals surface area contributed by atoms with Crippen molar-refractivity contribution in [3.8, 4) is 11.1 Å². The summed E-state index contributed by atoms with van der Waals surface area (Å²) in [4.78, 5) is 14.7. The van der Waals surface area contributed by atoms with E-state index in [9.17, 15) is 18.7 Å². The predicted octanol–water partition coefficient (Wildman–Crippen LogP) is 6.72. The first-order valence-electron chi connectivity index (χ1n) is 13.8. The monoisotopic (exact) mass is 572 g/mol. The molecule has 0 aliphatic heterocycles. The zero-order valence-electron chi connectivity index (χ0n) is 23.2. The van der Waals surface area contributed by atoms with Gasteiger partial charge >= 0.3 is 0 Å². The van der Waals surface area contributed by atoms with E-state index in [1.54, 1.807) is 17.8 Å². The molecule has 1 amide bonds. The van der Waals surface area contributed by atoms with Crippen molar-refractivity contribution in [2.24, 2.45) is 0 Å². The molecule has 1 aliphatic rings. The molecule has 4 nitrogen and oxygen atoms in total. The van der Waals surface area contributed by atoms with Crippen molar-refractivity contribution in [3.05, 3.63) is 125 Å². The van der Waals surface area contributed by atoms with Crippen LogP contribution in [0.3, 0.4) is 0 Å². The van der Waals surface area contributed by atoms with Crippen molar-refractivity contribution in [3.63, 3.8) is 0 Å². The van der Waals surface area contributed by atoms with Crippen molar-refractivity contribution in [1.29, 1.82) is 0 Å². The normalized spacial score (nSPS) is 18.6. The van der Waals surface area contributed by atoms with Crippen LogP contribution in [-0.4, -0.2) is 35.5 Å². The van der Waals surface area contributed by atoms with Crippen LogP contribution in [-0.2, 0) is 13.0 Å². The van der Waals surface area contributed by atoms with Crippen molar-refractivity contribution in [2.45, 2.75) is 48.8 Å². The van der Waals surface area contributed by atoms with Gasteiger partial charge in [0.2, 0.25) is 0 Å². The van der Waals surface area contributed by atoms with Gasteiger partial charge in [0, 0.05) is 35.5 Å². The highest BCUT2D eigenvalue weighted by Crippen LogP contribution is 2.54. The van der Waals surface area contributed by atoms with E-state index < -0.39 is 29.2 Å². The van der Waals surface area contributed by atoms with Crippen LogP contribution < -0.4 is 10.6 Å². The predicted molar refractivity (Wildman–Crippen MR) is 161 cm³/mol. The van der Waals surface area contributed by atoms with E-state index in [0.29, 0.717) is 24.1 Å². The number of halogens is 2. The summed E-state index contributed by atoms with van der Waals surface area (Å²) in [5.41, 5.74) is 4.06. The fourth-order valence-electron chi connectivity index (χ4n) is 5.55. The second kappa shape index (κ2) is 12.6. The molecule has 5 rings (SSSR count). The van der Waals surface area contributed by atoms with Gasteiger partial charge in [-0.2, -0.15) is 0 Å². The third kappa shape index (κ3) is 6.53. The lowest BCUT2D eigenvalue weighted by Crippen LogP contribution is -2.51. The van der Waals surface area contributed by atoms with Gasteiger partial charge in [0.05, 0.1) is 11.6 Å². The summed E-state index contributed by atoms with van der Waals surface area (Å²) in [6.07, 6.45) is 2.32. The van der Waals surface area contributed by atoms with Crippen LogP contribution in [0.5, 0.6) is 0 Å². The Labute approximate surface area is 244 Å². The van der Waals surface area contributed by atoms with Gasteiger partial charge in [0.15, 0.2) is 0 Å². The van der Waals surface area contributed by atoms with E-state index in [0.717, 1.165) is 34.1 Å². The minimum Gasteiger partial charge on any atom is -0.389 e. The minimum absolute atomic E-state index is 0.200. The summed E-state index contributed by atoms with van der Waals surface area (Å²) in [7, 11) is 0. The number of amides is 1. The molecule has 0 bridgehead atoms. The van der Waals surface area contributed by atoms with Gasteiger partial charge in [-0.3, -0.25) is 4.79 Å². The molecule has 4 aromatic rings. The van der Waals surface area contributed by atoms with E-state index in [2.05, 4.69) is 29.7 Å². The molecule has 3 atom stereocenters. The summed E-state index contributed by atoms with van der Waals surface area (Å²) in [6, 6.07) is 27.0. The number of aliphatic hydroxyl groups is 1. The Kier molecular flexibility index (Phi) is 8.88. The van der Waals surface area contributed by atoms with E-state index >= 15 is 0 Å². The van der Waals surface area contributed by atoms with Crippen LogP contribution in [0, 0.1) is 11.6 Å². The second-order valence-corrected chi connectivity index (χ2v) is 11.4. The minimum atomic E-state index is -1.07. The highest BCUT2D eigenvalue weighted by molar-refractivity contribution is 7.98. The highest BCUT2D eigenvalue weighted by Gasteiger charge is 2.60. The van der Waals surface area contributed by atoms with Crippen LogP contribution in [0.1, 0.15) is 46.3 Å². The summed E-state index contributed by atoms with van der Waals surface area (Å²) in [5, 5.41) is 17.8. The molecule has 2 unspecified atom stereocenters. The first-order chi connectivity index (χ1) is 19.8. The lowest BCUT2D eigenvalue weighted by atomic mass is 9.99. The Balaban J connectivity index is 1.37. The summed E-state index contributed by atoms with van der Waals surface area (Å²) in [5.74, 6) is -2.15. The zero-order chi connectivity index (χ0) is 29.0. The van der Waals surface area contributed by atoms with E-state index in [-0.39, 0.29) is 12.5 Å². The number of carbonyl (C=O) groups is 1. The number of benzene rings is 4. The molecule has 0 spiro atoms. The average molecular weight is 573 g/mol. The SMILES string of the molecule is CCc1cccc(CNC[C@@H](O)C2(NC(=O)c3cccc(-c4ccccc4SC)c3)CC2c2cc(F)cc(F)c2)c1. The van der Waals surface area contributed by atoms with Crippen LogP contribution in [0.25, 0.3) is 11.1 Å². The lowest BCUT2D eigenvalue weighted by molar-refractivity contribution is 0.0780. The summed E-state index contributed by atoms with van der Waals surface area (Å²) >= 11 is 1.63. The number of carbonyl (C=O) groups excluding carboxylic acids is 1. The molecular weight excluding hydrogens is 538 g/mol. The van der Waals surface area contributed by atoms with Gasteiger partial charge < -0.3 is 15.7 Å². The number of thioether (sulfide) groups is 1. The van der Waals surface area contributed by atoms with Gasteiger partial charge in [0.1, 0.15) is 11.6 Å². The van der Waals surface area contributed by atoms with E-state index in [1.807, 2.05) is 60.9 Å². The first kappa shape index (κ1) is 29.0. The molecule has 41 heavy (non-hydrogen) atoms. The van der Waals surface area contributed by atoms with Crippen molar-refractivity contribution >= 4 is 17.7 Å². The second-order valence-electron chi connectivity index (χ2n) is 10.6. The maximum absolute atomic E-state index is 14.1. The molecule has 3 N–H and O–H groups in total. The number of rotatable bonds is 11. The van der Waals surface area contributed by atoms with Crippen LogP contribution >= 0.6 is 11.8 Å². The smallest absolute Gasteiger partial charge is 0.251 e. The summed E-state index contributed by atoms with van der Waals surface area (Å²) < 4.78 is 28.2. The highest BCUT2D eigenvalue weighted by atomic mass is 32.2. The molecule has 4 aromatic carbocycles. The maximum atomic E-state index is 14.1. The first-order valence-corrected chi connectivity index (χ1v) is 15.0. The van der Waals surface area contributed by atoms with Gasteiger partial charge in [0.25, 0.3) is 5.91 Å². The van der Waals surface area contributed by atoms with Gasteiger partial charge in [-0.1, -0.05) is 61.5 Å². The largest absolute Gasteiger partial charge is 0.389 e. The Morgan fingerprint density at radius 1 is 0.976 bits per heavy atom. The lowest BCUT2D eigenvalue weighted by Gasteiger charge is -2.26. The third-order valence-corrected chi connectivity index (χ3v) is 8.64. The van der Waals surface area contributed by atoms with Crippen molar-refractivity contribution in [2.75, 3.05) is 12.8 Å². The standard InChI is InChI=1S/C34H34F2N2O2S/c1-3-22-8-6-9-23(14-22)20-37-21-32(39)34(19-30(34)26-16-27(35)18-28(36)17-26)38-33(40)25-11-7-10-24(15-25)29-12-4-5-13-31(29)41-2/h4-18,30,32,37,39H,3,19-21H2,1-2H3,(H,38,40)/t30?,32-,34?/m1/s1. The molecule has 1 aliphatic carbocycles. The number of aliphatic hydroxyl groups excluding tert-OH is 1. The van der Waals surface area contributed by atoms with Crippen molar-refractivity contribution < 1.29 is 18.7 Å². The molecular formula is C34H34F2N2O2S. The maximum Gasteiger partial charge on any atom is 0.251 e. The number of nitrogens with one attached hydrogen (secondary N) is 2. The summed E-state index contributed by atoms with van der Waals surface area (Å²) in [6.45, 7) is 2.85. The third-order valence-electron chi connectivity index (χ3n) is 7.84. The number of hydrogen-bond acceptors (Lipinski definition) is 4. The molecule has 1 fully saturated rings. The molecule has 0 heterocycles. The Morgan fingerprint density at radius 3 is 2.46 bits per heavy atom. The molecule has 0 radical (unpaired) electrons. The fraction of sp³-hybridized carbons (Fsp3) is 0.265. The van der Waals surface area contributed by atoms with Gasteiger partial charge in [-0.15, -0.1) is 11.8 Å². The fourth-order valence-corrected chi connectivity index (χ4v) is 6.17. The quantitative estimate of drug-likeness (QED) is 0.175. The molecule has 1 saturated carbocycles. The van der Waals surface area contributed by atoms with Crippen LogP contribution in [0.4, 0.5) is 8.78 Å². The molecule has 212 valence electrons. The molecule has 0 saturated heterocycles. The van der Waals surface area contributed by atoms with E-state index in [4.69, 9.17) is 0 Å². The Bertz CT molecular complexity index is 1520. The van der Waals surface area contributed by atoms with Gasteiger partial charge in [-0.25, -0.2) is 8.78 Å². The Morgan fingerprint density at radius 2 is 1.71 bits per heavy atom. The topological polar surface area (TPSA) is 61.4 Å². The number of aryl methyl sites for hydroxylation is 1. The zero-order valence-corrected chi connectivity index (χ0v) is 24.0. The van der Waals surface area contributed by atoms with Gasteiger partial charge in [-0.05, 0) is 77.2 Å². The van der Waals surface area contributed by atoms with Crippen LogP contribution in [0.2, 0.25) is 0 Å². The Hall–Kier alpha value is -3.52. The van der Waals surface area contributed by atoms with Crippen LogP contribution in [0.15, 0.2) is 95.9 Å². The van der Waals surface area contributed by atoms with Crippen molar-refractivity contribution in [1.82, 2.24) is 10.6 Å².